The van der Waals surface area contributed by atoms with E-state index in [1.807, 2.05) is 45.0 Å². The van der Waals surface area contributed by atoms with Crippen LogP contribution in [0.15, 0.2) is 66.7 Å². The average molecular weight is 877 g/mol. The van der Waals surface area contributed by atoms with E-state index >= 15 is 0 Å². The smallest absolute Gasteiger partial charge is 0.410 e. The third kappa shape index (κ3) is 13.8. The molecule has 0 unspecified atom stereocenters. The van der Waals surface area contributed by atoms with E-state index in [0.717, 1.165) is 52.5 Å². The highest BCUT2D eigenvalue weighted by molar-refractivity contribution is 6.05. The van der Waals surface area contributed by atoms with Crippen LogP contribution in [-0.4, -0.2) is 118 Å². The van der Waals surface area contributed by atoms with E-state index in [-0.39, 0.29) is 37.7 Å². The number of carbonyl (C=O) groups is 3. The lowest BCUT2D eigenvalue weighted by Crippen LogP contribution is -2.55. The van der Waals surface area contributed by atoms with Gasteiger partial charge in [-0.05, 0) is 86.6 Å². The third-order valence-electron chi connectivity index (χ3n) is 11.2. The first-order valence-corrected chi connectivity index (χ1v) is 21.4. The summed E-state index contributed by atoms with van der Waals surface area (Å²) < 4.78 is 35.0. The van der Waals surface area contributed by atoms with Gasteiger partial charge in [0.1, 0.15) is 24.6 Å². The molecule has 16 nitrogen and oxygen atoms in total. The summed E-state index contributed by atoms with van der Waals surface area (Å²) in [6.07, 6.45) is 0.576. The lowest BCUT2D eigenvalue weighted by molar-refractivity contribution is -0.763. The van der Waals surface area contributed by atoms with Crippen molar-refractivity contribution >= 4 is 23.6 Å². The van der Waals surface area contributed by atoms with Crippen LogP contribution in [-0.2, 0) is 53.1 Å². The average Bonchev–Trinajstić information content (AvgIpc) is 3.25. The zero-order valence-electron chi connectivity index (χ0n) is 38.0. The topological polar surface area (TPSA) is 169 Å². The molecular weight excluding hydrogens is 813 g/mol. The molecule has 2 aliphatic rings. The fraction of sp³-hybridized carbons (Fsp3) is 0.553. The van der Waals surface area contributed by atoms with Gasteiger partial charge in [-0.15, -0.1) is 10.1 Å². The molecule has 3 amide bonds. The number of rotatable bonds is 20. The molecule has 16 heteroatoms. The molecule has 344 valence electrons. The van der Waals surface area contributed by atoms with Gasteiger partial charge in [0.2, 0.25) is 5.91 Å². The Kier molecular flexibility index (Phi) is 17.3. The number of methoxy groups -OCH3 is 2. The van der Waals surface area contributed by atoms with E-state index in [0.29, 0.717) is 45.0 Å². The van der Waals surface area contributed by atoms with Gasteiger partial charge in [-0.2, -0.15) is 0 Å². The number of carbonyl (C=O) groups excluding carboxylic acids is 3. The first kappa shape index (κ1) is 48.7. The van der Waals surface area contributed by atoms with Crippen LogP contribution in [0.5, 0.6) is 5.75 Å². The number of ether oxygens (including phenoxy) is 6. The second-order valence-electron chi connectivity index (χ2n) is 17.7. The van der Waals surface area contributed by atoms with E-state index < -0.39 is 46.2 Å². The maximum atomic E-state index is 14.3. The maximum absolute atomic E-state index is 14.3. The van der Waals surface area contributed by atoms with Crippen LogP contribution in [0.25, 0.3) is 0 Å². The maximum Gasteiger partial charge on any atom is 0.410 e. The molecule has 5 rings (SSSR count). The SMILES string of the molecule is COCCCN1CCOc2ccc(CO[C@H]3CN(C(=O)OC(C)(C)C)[C@@H](CC(C)(C)C(=O)N(C)C(=O)c4ccc(CO[N+](=O)[O-])cc4)C[C@@H]3c3ccc(COCCOC)cc3)cc21. The largest absolute Gasteiger partial charge is 0.490 e. The Morgan fingerprint density at radius 1 is 0.873 bits per heavy atom. The first-order valence-electron chi connectivity index (χ1n) is 21.4. The van der Waals surface area contributed by atoms with Crippen molar-refractivity contribution in [3.8, 4) is 5.75 Å². The second kappa shape index (κ2) is 22.4. The predicted octanol–water partition coefficient (Wildman–Crippen LogP) is 7.19. The standard InChI is InChI=1S/C47H64N4O12/c1-46(2,3)63-45(54)50-29-42(61-31-35-14-19-41-40(26-35)49(21-23-60-41)20-9-22-57-7)39(36-15-10-33(11-16-36)30-59-25-24-58-8)27-38(50)28-47(4,5)44(53)48(6)43(52)37-17-12-34(13-18-37)32-62-51(55)56/h10-19,26,38-39,42H,9,20-25,27-32H2,1-8H3/t38-,39-,42+/m1/s1. The number of hydrogen-bond acceptors (Lipinski definition) is 13. The fourth-order valence-electron chi connectivity index (χ4n) is 8.02. The van der Waals surface area contributed by atoms with Gasteiger partial charge in [-0.25, -0.2) is 4.79 Å². The van der Waals surface area contributed by atoms with Crippen molar-refractivity contribution in [3.63, 3.8) is 0 Å². The molecule has 2 aliphatic heterocycles. The van der Waals surface area contributed by atoms with Gasteiger partial charge in [0.05, 0.1) is 51.3 Å². The third-order valence-corrected chi connectivity index (χ3v) is 11.2. The van der Waals surface area contributed by atoms with Crippen molar-refractivity contribution in [1.29, 1.82) is 0 Å². The van der Waals surface area contributed by atoms with E-state index in [4.69, 9.17) is 28.4 Å². The molecule has 3 aromatic rings. The molecule has 2 heterocycles. The number of likely N-dealkylation sites (tertiary alicyclic amines) is 1. The van der Waals surface area contributed by atoms with Gasteiger partial charge >= 0.3 is 6.09 Å². The van der Waals surface area contributed by atoms with Gasteiger partial charge in [-0.3, -0.25) is 14.5 Å². The van der Waals surface area contributed by atoms with E-state index in [1.54, 1.807) is 45.1 Å². The molecule has 0 aromatic heterocycles. The molecule has 3 atom stereocenters. The fourth-order valence-corrected chi connectivity index (χ4v) is 8.02. The minimum absolute atomic E-state index is 0.188. The highest BCUT2D eigenvalue weighted by atomic mass is 16.9. The Bertz CT molecular complexity index is 1990. The number of fused-ring (bicyclic) bond motifs is 1. The van der Waals surface area contributed by atoms with Crippen LogP contribution in [0.1, 0.15) is 92.4 Å². The summed E-state index contributed by atoms with van der Waals surface area (Å²) >= 11 is 0. The van der Waals surface area contributed by atoms with Crippen molar-refractivity contribution in [2.45, 2.75) is 97.4 Å². The lowest BCUT2D eigenvalue weighted by Gasteiger charge is -2.46. The van der Waals surface area contributed by atoms with E-state index in [9.17, 15) is 24.5 Å². The quantitative estimate of drug-likeness (QED) is 0.0636. The minimum atomic E-state index is -1.11. The summed E-state index contributed by atoms with van der Waals surface area (Å²) in [7, 11) is 4.77. The number of piperidine rings is 1. The Hall–Kier alpha value is -5.29. The van der Waals surface area contributed by atoms with Crippen molar-refractivity contribution in [3.05, 3.63) is 105 Å². The zero-order chi connectivity index (χ0) is 45.7. The molecule has 0 radical (unpaired) electrons. The van der Waals surface area contributed by atoms with Crippen molar-refractivity contribution in [1.82, 2.24) is 9.80 Å². The zero-order valence-corrected chi connectivity index (χ0v) is 38.0. The Balaban J connectivity index is 1.41. The molecule has 0 aliphatic carbocycles. The molecule has 0 N–H and O–H groups in total. The summed E-state index contributed by atoms with van der Waals surface area (Å²) in [4.78, 5) is 62.2. The molecular formula is C47H64N4O12. The van der Waals surface area contributed by atoms with Crippen LogP contribution in [0.2, 0.25) is 0 Å². The van der Waals surface area contributed by atoms with Crippen molar-refractivity contribution in [2.75, 3.05) is 72.2 Å². The highest BCUT2D eigenvalue weighted by Gasteiger charge is 2.45. The van der Waals surface area contributed by atoms with Crippen LogP contribution < -0.4 is 9.64 Å². The van der Waals surface area contributed by atoms with Crippen LogP contribution in [0.3, 0.4) is 0 Å². The van der Waals surface area contributed by atoms with E-state index in [1.165, 1.54) is 19.2 Å². The lowest BCUT2D eigenvalue weighted by atomic mass is 9.76. The number of imide groups is 1. The highest BCUT2D eigenvalue weighted by Crippen LogP contribution is 2.41. The van der Waals surface area contributed by atoms with Crippen LogP contribution in [0, 0.1) is 15.5 Å². The number of anilines is 1. The summed E-state index contributed by atoms with van der Waals surface area (Å²) in [6, 6.07) is 19.9. The monoisotopic (exact) mass is 876 g/mol. The summed E-state index contributed by atoms with van der Waals surface area (Å²) in [5.74, 6) is -0.331. The second-order valence-corrected chi connectivity index (χ2v) is 17.7. The van der Waals surface area contributed by atoms with Crippen LogP contribution in [0.4, 0.5) is 10.5 Å². The summed E-state index contributed by atoms with van der Waals surface area (Å²) in [5, 5.41) is 9.75. The van der Waals surface area contributed by atoms with Crippen molar-refractivity contribution in [2.24, 2.45) is 5.41 Å². The first-order chi connectivity index (χ1) is 30.0. The molecule has 3 aromatic carbocycles. The van der Waals surface area contributed by atoms with Gasteiger partial charge in [-0.1, -0.05) is 56.3 Å². The number of benzene rings is 3. The number of amides is 3. The normalized spacial score (nSPS) is 17.7. The van der Waals surface area contributed by atoms with Gasteiger partial charge in [0.15, 0.2) is 0 Å². The minimum Gasteiger partial charge on any atom is -0.490 e. The summed E-state index contributed by atoms with van der Waals surface area (Å²) in [5.41, 5.74) is 2.81. The molecule has 0 bridgehead atoms. The van der Waals surface area contributed by atoms with Gasteiger partial charge < -0.3 is 43.1 Å². The molecule has 1 saturated heterocycles. The Morgan fingerprint density at radius 3 is 2.21 bits per heavy atom. The Morgan fingerprint density at radius 2 is 1.54 bits per heavy atom. The van der Waals surface area contributed by atoms with E-state index in [2.05, 4.69) is 27.9 Å². The number of hydrogen-bond donors (Lipinski definition) is 0. The molecule has 0 saturated carbocycles. The van der Waals surface area contributed by atoms with Crippen molar-refractivity contribution < 1.29 is 52.7 Å². The van der Waals surface area contributed by atoms with Gasteiger partial charge in [0, 0.05) is 57.4 Å². The summed E-state index contributed by atoms with van der Waals surface area (Å²) in [6.45, 7) is 13.5. The van der Waals surface area contributed by atoms with Crippen LogP contribution >= 0.6 is 0 Å². The Labute approximate surface area is 370 Å². The molecule has 1 fully saturated rings. The molecule has 63 heavy (non-hydrogen) atoms. The number of nitrogens with zero attached hydrogens (tertiary/aromatic N) is 4. The van der Waals surface area contributed by atoms with Gasteiger partial charge in [0.25, 0.3) is 11.0 Å². The molecule has 0 spiro atoms. The predicted molar refractivity (Wildman–Crippen MR) is 235 cm³/mol.